The van der Waals surface area contributed by atoms with Crippen LogP contribution in [0.25, 0.3) is 0 Å². The molecule has 1 fully saturated rings. The molecule has 0 aromatic rings. The highest BCUT2D eigenvalue weighted by molar-refractivity contribution is 4.79. The molecule has 1 aliphatic rings. The summed E-state index contributed by atoms with van der Waals surface area (Å²) in [6.07, 6.45) is 5.36. The van der Waals surface area contributed by atoms with Crippen molar-refractivity contribution in [2.24, 2.45) is 17.6 Å². The molecular weight excluding hydrogens is 122 g/mol. The minimum absolute atomic E-state index is 0.494. The molecule has 0 heterocycles. The van der Waals surface area contributed by atoms with E-state index in [0.717, 1.165) is 11.8 Å². The molecule has 0 aromatic carbocycles. The molecule has 0 saturated heterocycles. The topological polar surface area (TPSA) is 26.0 Å². The van der Waals surface area contributed by atoms with Gasteiger partial charge in [-0.1, -0.05) is 26.7 Å². The van der Waals surface area contributed by atoms with E-state index >= 15 is 0 Å². The van der Waals surface area contributed by atoms with Crippen LogP contribution in [0.3, 0.4) is 0 Å². The fourth-order valence-corrected chi connectivity index (χ4v) is 2.02. The Hall–Kier alpha value is -0.0400. The van der Waals surface area contributed by atoms with E-state index in [-0.39, 0.29) is 0 Å². The molecule has 2 atom stereocenters. The molecule has 0 aromatic heterocycles. The molecule has 1 saturated carbocycles. The van der Waals surface area contributed by atoms with Crippen molar-refractivity contribution < 1.29 is 0 Å². The summed E-state index contributed by atoms with van der Waals surface area (Å²) in [6, 6.07) is 0.494. The van der Waals surface area contributed by atoms with Gasteiger partial charge < -0.3 is 5.73 Å². The smallest absolute Gasteiger partial charge is 0.00696 e. The Morgan fingerprint density at radius 1 is 1.20 bits per heavy atom. The molecule has 0 unspecified atom stereocenters. The summed E-state index contributed by atoms with van der Waals surface area (Å²) in [4.78, 5) is 0. The van der Waals surface area contributed by atoms with Gasteiger partial charge in [-0.25, -0.2) is 0 Å². The molecule has 1 aliphatic carbocycles. The van der Waals surface area contributed by atoms with Crippen LogP contribution in [0.5, 0.6) is 0 Å². The Kier molecular flexibility index (Phi) is 2.72. The Balaban J connectivity index is 2.40. The predicted octanol–water partition coefficient (Wildman–Crippen LogP) is 2.16. The van der Waals surface area contributed by atoms with Crippen molar-refractivity contribution >= 4 is 0 Å². The van der Waals surface area contributed by atoms with Crippen LogP contribution in [0.1, 0.15) is 39.5 Å². The average Bonchev–Trinajstić information content (AvgIpc) is 1.88. The van der Waals surface area contributed by atoms with Gasteiger partial charge in [-0.05, 0) is 24.7 Å². The van der Waals surface area contributed by atoms with E-state index in [1.807, 2.05) is 0 Å². The van der Waals surface area contributed by atoms with Crippen molar-refractivity contribution in [3.63, 3.8) is 0 Å². The first-order chi connectivity index (χ1) is 4.72. The van der Waals surface area contributed by atoms with E-state index in [2.05, 4.69) is 13.8 Å². The molecule has 60 valence electrons. The SMILES string of the molecule is CC(C)[C@H]1CCCC[C@H]1N. The van der Waals surface area contributed by atoms with Crippen LogP contribution < -0.4 is 5.73 Å². The number of hydrogen-bond acceptors (Lipinski definition) is 1. The molecule has 2 N–H and O–H groups in total. The van der Waals surface area contributed by atoms with Crippen molar-refractivity contribution in [2.45, 2.75) is 45.6 Å². The second-order valence-electron chi connectivity index (χ2n) is 3.86. The van der Waals surface area contributed by atoms with Crippen LogP contribution in [-0.4, -0.2) is 6.04 Å². The zero-order valence-corrected chi connectivity index (χ0v) is 7.14. The van der Waals surface area contributed by atoms with E-state index in [9.17, 15) is 0 Å². The van der Waals surface area contributed by atoms with E-state index in [1.54, 1.807) is 0 Å². The molecule has 1 heteroatoms. The molecular formula is C9H19N. The Bertz CT molecular complexity index is 98.9. The first-order valence-corrected chi connectivity index (χ1v) is 4.47. The summed E-state index contributed by atoms with van der Waals surface area (Å²) in [5.41, 5.74) is 5.98. The third-order valence-corrected chi connectivity index (χ3v) is 2.73. The number of nitrogens with two attached hydrogens (primary N) is 1. The minimum Gasteiger partial charge on any atom is -0.327 e. The summed E-state index contributed by atoms with van der Waals surface area (Å²) < 4.78 is 0. The maximum absolute atomic E-state index is 5.98. The highest BCUT2D eigenvalue weighted by Crippen LogP contribution is 2.28. The van der Waals surface area contributed by atoms with Crippen LogP contribution in [0, 0.1) is 11.8 Å². The van der Waals surface area contributed by atoms with Crippen LogP contribution in [0.4, 0.5) is 0 Å². The van der Waals surface area contributed by atoms with Crippen LogP contribution in [-0.2, 0) is 0 Å². The van der Waals surface area contributed by atoms with Gasteiger partial charge >= 0.3 is 0 Å². The summed E-state index contributed by atoms with van der Waals surface area (Å²) in [5, 5.41) is 0. The van der Waals surface area contributed by atoms with Crippen LogP contribution >= 0.6 is 0 Å². The monoisotopic (exact) mass is 141 g/mol. The zero-order valence-electron chi connectivity index (χ0n) is 7.14. The molecule has 0 aliphatic heterocycles. The summed E-state index contributed by atoms with van der Waals surface area (Å²) >= 11 is 0. The van der Waals surface area contributed by atoms with Crippen molar-refractivity contribution in [3.8, 4) is 0 Å². The standard InChI is InChI=1S/C9H19N/c1-7(2)8-5-3-4-6-9(8)10/h7-9H,3-6,10H2,1-2H3/t8-,9-/m1/s1. The highest BCUT2D eigenvalue weighted by atomic mass is 14.7. The van der Waals surface area contributed by atoms with Gasteiger partial charge in [-0.2, -0.15) is 0 Å². The highest BCUT2D eigenvalue weighted by Gasteiger charge is 2.23. The van der Waals surface area contributed by atoms with Crippen molar-refractivity contribution in [1.82, 2.24) is 0 Å². The molecule has 1 rings (SSSR count). The van der Waals surface area contributed by atoms with Gasteiger partial charge in [0.15, 0.2) is 0 Å². The average molecular weight is 141 g/mol. The lowest BCUT2D eigenvalue weighted by Gasteiger charge is -2.31. The fourth-order valence-electron chi connectivity index (χ4n) is 2.02. The molecule has 0 spiro atoms. The third kappa shape index (κ3) is 1.72. The molecule has 1 nitrogen and oxygen atoms in total. The van der Waals surface area contributed by atoms with Gasteiger partial charge in [-0.3, -0.25) is 0 Å². The normalized spacial score (nSPS) is 34.8. The van der Waals surface area contributed by atoms with E-state index in [0.29, 0.717) is 6.04 Å². The maximum Gasteiger partial charge on any atom is 0.00696 e. The van der Waals surface area contributed by atoms with Gasteiger partial charge in [0.05, 0.1) is 0 Å². The van der Waals surface area contributed by atoms with E-state index < -0.39 is 0 Å². The Morgan fingerprint density at radius 3 is 2.20 bits per heavy atom. The number of hydrogen-bond donors (Lipinski definition) is 1. The largest absolute Gasteiger partial charge is 0.327 e. The van der Waals surface area contributed by atoms with Crippen LogP contribution in [0.2, 0.25) is 0 Å². The minimum atomic E-state index is 0.494. The first kappa shape index (κ1) is 8.06. The first-order valence-electron chi connectivity index (χ1n) is 4.47. The van der Waals surface area contributed by atoms with Crippen molar-refractivity contribution in [1.29, 1.82) is 0 Å². The van der Waals surface area contributed by atoms with Gasteiger partial charge in [0.1, 0.15) is 0 Å². The summed E-state index contributed by atoms with van der Waals surface area (Å²) in [6.45, 7) is 4.58. The second kappa shape index (κ2) is 3.38. The lowest BCUT2D eigenvalue weighted by atomic mass is 9.78. The quantitative estimate of drug-likeness (QED) is 0.595. The Labute approximate surface area is 64.0 Å². The molecule has 0 bridgehead atoms. The third-order valence-electron chi connectivity index (χ3n) is 2.73. The lowest BCUT2D eigenvalue weighted by molar-refractivity contribution is 0.240. The van der Waals surface area contributed by atoms with Crippen molar-refractivity contribution in [2.75, 3.05) is 0 Å². The lowest BCUT2D eigenvalue weighted by Crippen LogP contribution is -2.35. The Morgan fingerprint density at radius 2 is 1.80 bits per heavy atom. The number of rotatable bonds is 1. The molecule has 0 amide bonds. The van der Waals surface area contributed by atoms with Gasteiger partial charge in [0, 0.05) is 6.04 Å². The van der Waals surface area contributed by atoms with E-state index in [1.165, 1.54) is 25.7 Å². The van der Waals surface area contributed by atoms with Crippen LogP contribution in [0.15, 0.2) is 0 Å². The molecule has 0 radical (unpaired) electrons. The summed E-state index contributed by atoms with van der Waals surface area (Å²) in [5.74, 6) is 1.59. The van der Waals surface area contributed by atoms with Gasteiger partial charge in [0.2, 0.25) is 0 Å². The summed E-state index contributed by atoms with van der Waals surface area (Å²) in [7, 11) is 0. The zero-order chi connectivity index (χ0) is 7.56. The van der Waals surface area contributed by atoms with Gasteiger partial charge in [-0.15, -0.1) is 0 Å². The predicted molar refractivity (Wildman–Crippen MR) is 44.8 cm³/mol. The van der Waals surface area contributed by atoms with Gasteiger partial charge in [0.25, 0.3) is 0 Å². The molecule has 10 heavy (non-hydrogen) atoms. The fraction of sp³-hybridized carbons (Fsp3) is 1.00. The van der Waals surface area contributed by atoms with E-state index in [4.69, 9.17) is 5.73 Å². The maximum atomic E-state index is 5.98. The second-order valence-corrected chi connectivity index (χ2v) is 3.86. The van der Waals surface area contributed by atoms with Crippen molar-refractivity contribution in [3.05, 3.63) is 0 Å².